The van der Waals surface area contributed by atoms with Gasteiger partial charge in [-0.15, -0.1) is 0 Å². The summed E-state index contributed by atoms with van der Waals surface area (Å²) in [5.74, 6) is 0.314. The Morgan fingerprint density at radius 1 is 1.04 bits per heavy atom. The van der Waals surface area contributed by atoms with E-state index in [0.717, 1.165) is 40.3 Å². The van der Waals surface area contributed by atoms with Crippen LogP contribution in [0.4, 0.5) is 0 Å². The number of carbonyl (C=O) groups excluding carboxylic acids is 1. The number of amides is 1. The minimum atomic E-state index is -0.0761. The Kier molecular flexibility index (Phi) is 4.88. The molecule has 0 fully saturated rings. The summed E-state index contributed by atoms with van der Waals surface area (Å²) in [6.07, 6.45) is 3.83. The SMILES string of the molecule is CCCCN(Cc1cnc2ccccc2c1)C(=O)c1cc2ccccc2o1. The molecule has 2 aromatic heterocycles. The molecule has 4 heteroatoms. The van der Waals surface area contributed by atoms with Gasteiger partial charge in [-0.25, -0.2) is 0 Å². The van der Waals surface area contributed by atoms with Gasteiger partial charge in [0.15, 0.2) is 5.76 Å². The predicted molar refractivity (Wildman–Crippen MR) is 108 cm³/mol. The minimum absolute atomic E-state index is 0.0761. The summed E-state index contributed by atoms with van der Waals surface area (Å²) in [5, 5.41) is 2.03. The number of fused-ring (bicyclic) bond motifs is 2. The Morgan fingerprint density at radius 2 is 1.81 bits per heavy atom. The monoisotopic (exact) mass is 358 g/mol. The van der Waals surface area contributed by atoms with E-state index >= 15 is 0 Å². The Bertz CT molecular complexity index is 1050. The molecule has 4 aromatic rings. The topological polar surface area (TPSA) is 46.3 Å². The van der Waals surface area contributed by atoms with E-state index in [0.29, 0.717) is 18.8 Å². The van der Waals surface area contributed by atoms with E-state index in [1.54, 1.807) is 0 Å². The number of carbonyl (C=O) groups is 1. The maximum Gasteiger partial charge on any atom is 0.289 e. The molecular formula is C23H22N2O2. The highest BCUT2D eigenvalue weighted by Crippen LogP contribution is 2.21. The van der Waals surface area contributed by atoms with Crippen LogP contribution < -0.4 is 0 Å². The molecule has 0 aliphatic carbocycles. The maximum atomic E-state index is 13.1. The van der Waals surface area contributed by atoms with Gasteiger partial charge in [0.25, 0.3) is 5.91 Å². The molecule has 2 heterocycles. The van der Waals surface area contributed by atoms with Crippen molar-refractivity contribution >= 4 is 27.8 Å². The summed E-state index contributed by atoms with van der Waals surface area (Å²) in [6, 6.07) is 19.7. The lowest BCUT2D eigenvalue weighted by molar-refractivity contribution is 0.0711. The van der Waals surface area contributed by atoms with E-state index in [1.807, 2.05) is 65.7 Å². The van der Waals surface area contributed by atoms with E-state index in [-0.39, 0.29) is 5.91 Å². The fourth-order valence-electron chi connectivity index (χ4n) is 3.27. The van der Waals surface area contributed by atoms with Crippen LogP contribution in [0.5, 0.6) is 0 Å². The van der Waals surface area contributed by atoms with Gasteiger partial charge in [0, 0.05) is 30.1 Å². The summed E-state index contributed by atoms with van der Waals surface area (Å²) < 4.78 is 5.79. The highest BCUT2D eigenvalue weighted by atomic mass is 16.3. The largest absolute Gasteiger partial charge is 0.451 e. The lowest BCUT2D eigenvalue weighted by atomic mass is 10.1. The molecule has 0 spiro atoms. The molecule has 0 N–H and O–H groups in total. The number of nitrogens with zero attached hydrogens (tertiary/aromatic N) is 2. The Hall–Kier alpha value is -3.14. The summed E-state index contributed by atoms with van der Waals surface area (Å²) in [5.41, 5.74) is 2.72. The van der Waals surface area contributed by atoms with Crippen LogP contribution in [0, 0.1) is 0 Å². The van der Waals surface area contributed by atoms with Crippen molar-refractivity contribution < 1.29 is 9.21 Å². The maximum absolute atomic E-state index is 13.1. The van der Waals surface area contributed by atoms with E-state index in [2.05, 4.69) is 18.0 Å². The lowest BCUT2D eigenvalue weighted by Gasteiger charge is -2.21. The average Bonchev–Trinajstić information content (AvgIpc) is 3.14. The van der Waals surface area contributed by atoms with Crippen LogP contribution in [-0.2, 0) is 6.54 Å². The van der Waals surface area contributed by atoms with E-state index in [4.69, 9.17) is 4.42 Å². The van der Waals surface area contributed by atoms with Gasteiger partial charge in [0.1, 0.15) is 5.58 Å². The van der Waals surface area contributed by atoms with Crippen LogP contribution in [0.25, 0.3) is 21.9 Å². The van der Waals surface area contributed by atoms with Gasteiger partial charge in [0.2, 0.25) is 0 Å². The first kappa shape index (κ1) is 17.3. The van der Waals surface area contributed by atoms with Crippen molar-refractivity contribution in [2.75, 3.05) is 6.54 Å². The molecule has 0 atom stereocenters. The van der Waals surface area contributed by atoms with Crippen molar-refractivity contribution in [1.82, 2.24) is 9.88 Å². The fourth-order valence-corrected chi connectivity index (χ4v) is 3.27. The summed E-state index contributed by atoms with van der Waals surface area (Å²) in [4.78, 5) is 19.5. The van der Waals surface area contributed by atoms with Gasteiger partial charge in [-0.1, -0.05) is 49.7 Å². The minimum Gasteiger partial charge on any atom is -0.451 e. The quantitative estimate of drug-likeness (QED) is 0.462. The van der Waals surface area contributed by atoms with Gasteiger partial charge in [0.05, 0.1) is 5.52 Å². The number of hydrogen-bond acceptors (Lipinski definition) is 3. The molecule has 4 rings (SSSR count). The van der Waals surface area contributed by atoms with E-state index < -0.39 is 0 Å². The first-order valence-corrected chi connectivity index (χ1v) is 9.36. The number of para-hydroxylation sites is 2. The molecule has 1 amide bonds. The van der Waals surface area contributed by atoms with Crippen LogP contribution >= 0.6 is 0 Å². The summed E-state index contributed by atoms with van der Waals surface area (Å²) in [7, 11) is 0. The van der Waals surface area contributed by atoms with Crippen molar-refractivity contribution in [1.29, 1.82) is 0 Å². The molecule has 0 bridgehead atoms. The molecule has 0 unspecified atom stereocenters. The number of rotatable bonds is 6. The third-order valence-electron chi connectivity index (χ3n) is 4.73. The molecule has 0 saturated carbocycles. The second kappa shape index (κ2) is 7.62. The zero-order chi connectivity index (χ0) is 18.6. The number of benzene rings is 2. The van der Waals surface area contributed by atoms with Gasteiger partial charge >= 0.3 is 0 Å². The van der Waals surface area contributed by atoms with Crippen molar-refractivity contribution in [2.45, 2.75) is 26.3 Å². The highest BCUT2D eigenvalue weighted by molar-refractivity contribution is 5.96. The lowest BCUT2D eigenvalue weighted by Crippen LogP contribution is -2.31. The average molecular weight is 358 g/mol. The van der Waals surface area contributed by atoms with Crippen LogP contribution in [0.1, 0.15) is 35.9 Å². The van der Waals surface area contributed by atoms with Crippen molar-refractivity contribution in [2.24, 2.45) is 0 Å². The molecular weight excluding hydrogens is 336 g/mol. The van der Waals surface area contributed by atoms with Gasteiger partial charge in [-0.2, -0.15) is 0 Å². The van der Waals surface area contributed by atoms with Crippen molar-refractivity contribution in [3.8, 4) is 0 Å². The standard InChI is InChI=1S/C23H22N2O2/c1-2-3-12-25(16-17-13-18-8-4-6-10-20(18)24-15-17)23(26)22-14-19-9-5-7-11-21(19)27-22/h4-11,13-15H,2-3,12,16H2,1H3. The normalized spacial score (nSPS) is 11.1. The molecule has 4 nitrogen and oxygen atoms in total. The first-order chi connectivity index (χ1) is 13.2. The summed E-state index contributed by atoms with van der Waals surface area (Å²) >= 11 is 0. The Balaban J connectivity index is 1.61. The Morgan fingerprint density at radius 3 is 2.63 bits per heavy atom. The second-order valence-electron chi connectivity index (χ2n) is 6.77. The van der Waals surface area contributed by atoms with Crippen molar-refractivity contribution in [3.63, 3.8) is 0 Å². The van der Waals surface area contributed by atoms with Gasteiger partial charge in [-0.05, 0) is 36.2 Å². The number of furan rings is 1. The zero-order valence-electron chi connectivity index (χ0n) is 15.4. The first-order valence-electron chi connectivity index (χ1n) is 9.36. The van der Waals surface area contributed by atoms with Gasteiger partial charge in [-0.3, -0.25) is 9.78 Å². The zero-order valence-corrected chi connectivity index (χ0v) is 15.4. The molecule has 27 heavy (non-hydrogen) atoms. The smallest absolute Gasteiger partial charge is 0.289 e. The van der Waals surface area contributed by atoms with Crippen LogP contribution in [0.3, 0.4) is 0 Å². The van der Waals surface area contributed by atoms with Crippen LogP contribution in [-0.4, -0.2) is 22.3 Å². The van der Waals surface area contributed by atoms with Gasteiger partial charge < -0.3 is 9.32 Å². The molecule has 136 valence electrons. The highest BCUT2D eigenvalue weighted by Gasteiger charge is 2.20. The molecule has 0 aliphatic heterocycles. The molecule has 2 aromatic carbocycles. The molecule has 0 aliphatic rings. The second-order valence-corrected chi connectivity index (χ2v) is 6.77. The summed E-state index contributed by atoms with van der Waals surface area (Å²) in [6.45, 7) is 3.34. The fraction of sp³-hybridized carbons (Fsp3) is 0.217. The third-order valence-corrected chi connectivity index (χ3v) is 4.73. The number of pyridine rings is 1. The number of hydrogen-bond donors (Lipinski definition) is 0. The number of unbranched alkanes of at least 4 members (excludes halogenated alkanes) is 1. The molecule has 0 radical (unpaired) electrons. The Labute approximate surface area is 158 Å². The van der Waals surface area contributed by atoms with E-state index in [9.17, 15) is 4.79 Å². The van der Waals surface area contributed by atoms with Crippen LogP contribution in [0.15, 0.2) is 71.3 Å². The molecule has 0 saturated heterocycles. The third kappa shape index (κ3) is 3.70. The number of aromatic nitrogens is 1. The predicted octanol–water partition coefficient (Wildman–Crippen LogP) is 5.42. The van der Waals surface area contributed by atoms with Crippen LogP contribution in [0.2, 0.25) is 0 Å². The van der Waals surface area contributed by atoms with Crippen molar-refractivity contribution in [3.05, 3.63) is 78.2 Å². The van der Waals surface area contributed by atoms with E-state index in [1.165, 1.54) is 0 Å².